The van der Waals surface area contributed by atoms with Gasteiger partial charge in [0.25, 0.3) is 5.78 Å². The van der Waals surface area contributed by atoms with Gasteiger partial charge in [0.05, 0.1) is 6.54 Å². The Balaban J connectivity index is 1.83. The van der Waals surface area contributed by atoms with Gasteiger partial charge in [0.15, 0.2) is 5.82 Å². The highest BCUT2D eigenvalue weighted by atomic mass is 15.3. The third-order valence-corrected chi connectivity index (χ3v) is 2.83. The summed E-state index contributed by atoms with van der Waals surface area (Å²) in [6, 6.07) is 1.90. The summed E-state index contributed by atoms with van der Waals surface area (Å²) < 4.78 is 1.95. The SMILES string of the molecule is c1cnc2nnc(CN3CCNCC3)n2c1. The van der Waals surface area contributed by atoms with Crippen LogP contribution in [0.3, 0.4) is 0 Å². The van der Waals surface area contributed by atoms with Crippen molar-refractivity contribution in [1.29, 1.82) is 0 Å². The minimum atomic E-state index is 0.674. The molecule has 16 heavy (non-hydrogen) atoms. The van der Waals surface area contributed by atoms with E-state index in [0.717, 1.165) is 38.5 Å². The van der Waals surface area contributed by atoms with Gasteiger partial charge in [0.2, 0.25) is 0 Å². The van der Waals surface area contributed by atoms with Crippen LogP contribution in [0.5, 0.6) is 0 Å². The first kappa shape index (κ1) is 9.68. The zero-order chi connectivity index (χ0) is 10.8. The van der Waals surface area contributed by atoms with Crippen LogP contribution >= 0.6 is 0 Å². The fraction of sp³-hybridized carbons (Fsp3) is 0.500. The van der Waals surface area contributed by atoms with E-state index in [2.05, 4.69) is 25.4 Å². The second-order valence-electron chi connectivity index (χ2n) is 3.93. The average molecular weight is 218 g/mol. The molecule has 0 aliphatic carbocycles. The zero-order valence-corrected chi connectivity index (χ0v) is 9.00. The fourth-order valence-electron chi connectivity index (χ4n) is 1.97. The van der Waals surface area contributed by atoms with E-state index in [9.17, 15) is 0 Å². The smallest absolute Gasteiger partial charge is 0.254 e. The molecular formula is C10H14N6. The summed E-state index contributed by atoms with van der Waals surface area (Å²) in [7, 11) is 0. The van der Waals surface area contributed by atoms with Crippen LogP contribution in [0.25, 0.3) is 5.78 Å². The van der Waals surface area contributed by atoms with Crippen LogP contribution in [0, 0.1) is 0 Å². The molecule has 84 valence electrons. The van der Waals surface area contributed by atoms with Crippen LogP contribution < -0.4 is 5.32 Å². The van der Waals surface area contributed by atoms with Crippen LogP contribution in [0.1, 0.15) is 5.82 Å². The first-order valence-corrected chi connectivity index (χ1v) is 5.51. The molecule has 0 bridgehead atoms. The predicted molar refractivity (Wildman–Crippen MR) is 58.9 cm³/mol. The number of nitrogens with one attached hydrogen (secondary N) is 1. The molecule has 1 fully saturated rings. The molecule has 2 aromatic rings. The maximum atomic E-state index is 4.18. The van der Waals surface area contributed by atoms with Gasteiger partial charge in [-0.1, -0.05) is 0 Å². The lowest BCUT2D eigenvalue weighted by atomic mass is 10.3. The van der Waals surface area contributed by atoms with Crippen molar-refractivity contribution in [1.82, 2.24) is 29.8 Å². The van der Waals surface area contributed by atoms with Crippen molar-refractivity contribution in [2.24, 2.45) is 0 Å². The number of hydrogen-bond donors (Lipinski definition) is 1. The van der Waals surface area contributed by atoms with Gasteiger partial charge in [-0.2, -0.15) is 0 Å². The predicted octanol–water partition coefficient (Wildman–Crippen LogP) is -0.471. The van der Waals surface area contributed by atoms with E-state index in [1.807, 2.05) is 16.7 Å². The van der Waals surface area contributed by atoms with Gasteiger partial charge in [-0.3, -0.25) is 9.30 Å². The highest BCUT2D eigenvalue weighted by Crippen LogP contribution is 2.04. The molecular weight excluding hydrogens is 204 g/mol. The molecule has 0 unspecified atom stereocenters. The van der Waals surface area contributed by atoms with Crippen molar-refractivity contribution in [3.8, 4) is 0 Å². The highest BCUT2D eigenvalue weighted by molar-refractivity contribution is 5.25. The molecule has 0 aromatic carbocycles. The summed E-state index contributed by atoms with van der Waals surface area (Å²) in [5.74, 6) is 1.64. The standard InChI is InChI=1S/C10H14N6/c1-2-12-10-14-13-9(16(10)5-1)8-15-6-3-11-4-7-15/h1-2,5,11H,3-4,6-8H2. The van der Waals surface area contributed by atoms with Crippen molar-refractivity contribution in [3.63, 3.8) is 0 Å². The Morgan fingerprint density at radius 1 is 1.25 bits per heavy atom. The zero-order valence-electron chi connectivity index (χ0n) is 9.00. The molecule has 1 saturated heterocycles. The van der Waals surface area contributed by atoms with Crippen molar-refractivity contribution in [2.45, 2.75) is 6.54 Å². The van der Waals surface area contributed by atoms with E-state index in [1.54, 1.807) is 6.20 Å². The lowest BCUT2D eigenvalue weighted by Crippen LogP contribution is -2.43. The molecule has 6 heteroatoms. The number of rotatable bonds is 2. The molecule has 0 amide bonds. The minimum absolute atomic E-state index is 0.674. The van der Waals surface area contributed by atoms with Gasteiger partial charge in [0, 0.05) is 38.6 Å². The van der Waals surface area contributed by atoms with E-state index < -0.39 is 0 Å². The lowest BCUT2D eigenvalue weighted by Gasteiger charge is -2.26. The molecule has 3 heterocycles. The quantitative estimate of drug-likeness (QED) is 0.738. The number of hydrogen-bond acceptors (Lipinski definition) is 5. The maximum absolute atomic E-state index is 4.18. The molecule has 2 aromatic heterocycles. The van der Waals surface area contributed by atoms with E-state index >= 15 is 0 Å². The van der Waals surface area contributed by atoms with Crippen molar-refractivity contribution in [2.75, 3.05) is 26.2 Å². The Bertz CT molecular complexity index is 473. The second kappa shape index (κ2) is 4.15. The molecule has 3 rings (SSSR count). The fourth-order valence-corrected chi connectivity index (χ4v) is 1.97. The third-order valence-electron chi connectivity index (χ3n) is 2.83. The molecule has 0 atom stereocenters. The average Bonchev–Trinajstić information content (AvgIpc) is 2.74. The Morgan fingerprint density at radius 2 is 2.12 bits per heavy atom. The van der Waals surface area contributed by atoms with Gasteiger partial charge in [-0.25, -0.2) is 4.98 Å². The molecule has 1 aliphatic heterocycles. The molecule has 0 saturated carbocycles. The minimum Gasteiger partial charge on any atom is -0.314 e. The van der Waals surface area contributed by atoms with E-state index in [4.69, 9.17) is 0 Å². The van der Waals surface area contributed by atoms with Crippen LogP contribution in [0.2, 0.25) is 0 Å². The first-order chi connectivity index (χ1) is 7.93. The Labute approximate surface area is 93.3 Å². The molecule has 0 radical (unpaired) electrons. The third kappa shape index (κ3) is 1.77. The number of fused-ring (bicyclic) bond motifs is 1. The summed E-state index contributed by atoms with van der Waals surface area (Å²) in [6.07, 6.45) is 3.69. The molecule has 1 aliphatic rings. The van der Waals surface area contributed by atoms with E-state index in [0.29, 0.717) is 5.78 Å². The Morgan fingerprint density at radius 3 is 3.00 bits per heavy atom. The monoisotopic (exact) mass is 218 g/mol. The van der Waals surface area contributed by atoms with Gasteiger partial charge < -0.3 is 5.32 Å². The van der Waals surface area contributed by atoms with Crippen molar-refractivity contribution < 1.29 is 0 Å². The topological polar surface area (TPSA) is 58.4 Å². The molecule has 0 spiro atoms. The summed E-state index contributed by atoms with van der Waals surface area (Å²) >= 11 is 0. The summed E-state index contributed by atoms with van der Waals surface area (Å²) in [4.78, 5) is 6.53. The number of nitrogens with zero attached hydrogens (tertiary/aromatic N) is 5. The van der Waals surface area contributed by atoms with Gasteiger partial charge in [-0.05, 0) is 6.07 Å². The highest BCUT2D eigenvalue weighted by Gasteiger charge is 2.13. The van der Waals surface area contributed by atoms with Gasteiger partial charge in [0.1, 0.15) is 0 Å². The Kier molecular flexibility index (Phi) is 2.51. The summed E-state index contributed by atoms with van der Waals surface area (Å²) in [5.41, 5.74) is 0. The van der Waals surface area contributed by atoms with E-state index in [1.165, 1.54) is 0 Å². The summed E-state index contributed by atoms with van der Waals surface area (Å²) in [6.45, 7) is 5.07. The molecule has 6 nitrogen and oxygen atoms in total. The van der Waals surface area contributed by atoms with Crippen molar-refractivity contribution >= 4 is 5.78 Å². The van der Waals surface area contributed by atoms with Gasteiger partial charge >= 0.3 is 0 Å². The summed E-state index contributed by atoms with van der Waals surface area (Å²) in [5, 5.41) is 11.6. The number of aromatic nitrogens is 4. The van der Waals surface area contributed by atoms with E-state index in [-0.39, 0.29) is 0 Å². The van der Waals surface area contributed by atoms with Gasteiger partial charge in [-0.15, -0.1) is 10.2 Å². The van der Waals surface area contributed by atoms with Crippen molar-refractivity contribution in [3.05, 3.63) is 24.3 Å². The maximum Gasteiger partial charge on any atom is 0.254 e. The van der Waals surface area contributed by atoms with Crippen LogP contribution in [0.4, 0.5) is 0 Å². The first-order valence-electron chi connectivity index (χ1n) is 5.51. The lowest BCUT2D eigenvalue weighted by molar-refractivity contribution is 0.227. The van der Waals surface area contributed by atoms with Crippen LogP contribution in [0.15, 0.2) is 18.5 Å². The van der Waals surface area contributed by atoms with Crippen LogP contribution in [-0.2, 0) is 6.54 Å². The second-order valence-corrected chi connectivity index (χ2v) is 3.93. The number of piperazine rings is 1. The Hall–Kier alpha value is -1.53. The van der Waals surface area contributed by atoms with Crippen LogP contribution in [-0.4, -0.2) is 50.7 Å². The normalized spacial score (nSPS) is 18.0. The molecule has 1 N–H and O–H groups in total. The largest absolute Gasteiger partial charge is 0.314 e.